The molecule has 0 aromatic rings. The number of aliphatic hydroxyl groups excluding tert-OH is 2. The van der Waals surface area contributed by atoms with Gasteiger partial charge in [0, 0.05) is 13.7 Å². The van der Waals surface area contributed by atoms with E-state index in [1.54, 1.807) is 0 Å². The van der Waals surface area contributed by atoms with Gasteiger partial charge in [0.25, 0.3) is 0 Å². The van der Waals surface area contributed by atoms with Gasteiger partial charge in [-0.25, -0.2) is 0 Å². The second-order valence-corrected chi connectivity index (χ2v) is 3.83. The Hall–Kier alpha value is -0.160. The molecule has 4 nitrogen and oxygen atoms in total. The molecule has 18 heavy (non-hydrogen) atoms. The fourth-order valence-corrected chi connectivity index (χ4v) is 1.19. The topological polar surface area (TPSA) is 80.9 Å². The summed E-state index contributed by atoms with van der Waals surface area (Å²) in [5.74, 6) is -0.847. The second-order valence-electron chi connectivity index (χ2n) is 3.83. The van der Waals surface area contributed by atoms with E-state index in [4.69, 9.17) is 20.4 Å². The number of aliphatic hydroxyl groups is 4. The maximum atomic E-state index is 8.57. The Balaban J connectivity index is -0.0000000792. The summed E-state index contributed by atoms with van der Waals surface area (Å²) >= 11 is 0. The molecule has 0 amide bonds. The van der Waals surface area contributed by atoms with Gasteiger partial charge in [-0.3, -0.25) is 0 Å². The fourth-order valence-electron chi connectivity index (χ4n) is 1.19. The first kappa shape index (κ1) is 26.4. The number of hydrogen-bond acceptors (Lipinski definition) is 4. The van der Waals surface area contributed by atoms with Crippen LogP contribution in [0.2, 0.25) is 0 Å². The van der Waals surface area contributed by atoms with Crippen LogP contribution >= 0.6 is 0 Å². The monoisotopic (exact) mass is 268 g/mol. The van der Waals surface area contributed by atoms with E-state index in [1.165, 1.54) is 39.5 Å². The van der Waals surface area contributed by atoms with Crippen LogP contribution in [0.4, 0.5) is 0 Å². The van der Waals surface area contributed by atoms with Crippen LogP contribution in [0.5, 0.6) is 0 Å². The van der Waals surface area contributed by atoms with E-state index in [2.05, 4.69) is 0 Å². The zero-order chi connectivity index (χ0) is 15.6. The minimum absolute atomic E-state index is 0.417. The zero-order valence-electron chi connectivity index (χ0n) is 13.4. The van der Waals surface area contributed by atoms with Crippen LogP contribution in [0.3, 0.4) is 0 Å². The van der Waals surface area contributed by atoms with Gasteiger partial charge in [0.2, 0.25) is 0 Å². The summed E-state index contributed by atoms with van der Waals surface area (Å²) in [5, 5.41) is 31.7. The Kier molecular flexibility index (Phi) is 32.4. The maximum Gasteiger partial charge on any atom is 0.156 e. The molecule has 0 spiro atoms. The molecule has 4 heteroatoms. The van der Waals surface area contributed by atoms with E-state index in [0.717, 1.165) is 7.11 Å². The Morgan fingerprint density at radius 2 is 1.11 bits per heavy atom. The molecule has 0 aromatic carbocycles. The van der Waals surface area contributed by atoms with Crippen LogP contribution in [0.1, 0.15) is 67.2 Å². The lowest BCUT2D eigenvalue weighted by molar-refractivity contribution is -0.127. The summed E-state index contributed by atoms with van der Waals surface area (Å²) in [7, 11) is 1.00. The van der Waals surface area contributed by atoms with Gasteiger partial charge in [0.1, 0.15) is 0 Å². The van der Waals surface area contributed by atoms with Crippen molar-refractivity contribution in [1.29, 1.82) is 0 Å². The first-order chi connectivity index (χ1) is 8.43. The summed E-state index contributed by atoms with van der Waals surface area (Å²) < 4.78 is 0. The molecule has 0 unspecified atom stereocenters. The van der Waals surface area contributed by atoms with Crippen molar-refractivity contribution in [2.45, 2.75) is 73.0 Å². The summed E-state index contributed by atoms with van der Waals surface area (Å²) in [6.07, 6.45) is 5.20. The van der Waals surface area contributed by atoms with Crippen LogP contribution in [0.15, 0.2) is 0 Å². The third-order valence-corrected chi connectivity index (χ3v) is 1.73. The van der Waals surface area contributed by atoms with E-state index >= 15 is 0 Å². The minimum Gasteiger partial charge on any atom is -0.400 e. The highest BCUT2D eigenvalue weighted by molar-refractivity contribution is 4.64. The molecular weight excluding hydrogens is 232 g/mol. The normalized spacial score (nSPS) is 13.5. The molecule has 0 bridgehead atoms. The standard InChI is InChI=1S/C6H12O.C3H8O2.2C2H6.CH4O/c7-5-6-3-1-2-4-6;1-3(2,4)5;3*1-2/h6-7H,1-5H2;4-5H,1-2H3;2*1-2H3;2H,1H3. The van der Waals surface area contributed by atoms with Gasteiger partial charge in [-0.05, 0) is 32.6 Å². The second kappa shape index (κ2) is 22.1. The van der Waals surface area contributed by atoms with Gasteiger partial charge in [0.15, 0.2) is 5.79 Å². The van der Waals surface area contributed by atoms with Crippen molar-refractivity contribution in [2.24, 2.45) is 5.92 Å². The summed E-state index contributed by atoms with van der Waals surface area (Å²) in [6.45, 7) is 11.0. The molecule has 0 aromatic heterocycles. The first-order valence-electron chi connectivity index (χ1n) is 6.94. The van der Waals surface area contributed by atoms with E-state index in [1.807, 2.05) is 27.7 Å². The fraction of sp³-hybridized carbons (Fsp3) is 1.00. The van der Waals surface area contributed by atoms with Crippen LogP contribution in [-0.4, -0.2) is 39.9 Å². The van der Waals surface area contributed by atoms with Gasteiger partial charge in [-0.15, -0.1) is 0 Å². The van der Waals surface area contributed by atoms with Crippen LogP contribution in [-0.2, 0) is 0 Å². The highest BCUT2D eigenvalue weighted by atomic mass is 16.5. The van der Waals surface area contributed by atoms with Crippen molar-refractivity contribution in [1.82, 2.24) is 0 Å². The summed E-state index contributed by atoms with van der Waals surface area (Å²) in [6, 6.07) is 0. The first-order valence-corrected chi connectivity index (χ1v) is 6.94. The highest BCUT2D eigenvalue weighted by Gasteiger charge is 2.12. The predicted octanol–water partition coefficient (Wildman–Crippen LogP) is 2.54. The average Bonchev–Trinajstić information content (AvgIpc) is 2.88. The minimum atomic E-state index is -1.50. The van der Waals surface area contributed by atoms with Crippen molar-refractivity contribution in [2.75, 3.05) is 13.7 Å². The average molecular weight is 268 g/mol. The predicted molar refractivity (Wildman–Crippen MR) is 78.4 cm³/mol. The molecule has 1 rings (SSSR count). The Bertz CT molecular complexity index is 98.9. The molecule has 116 valence electrons. The molecule has 4 N–H and O–H groups in total. The smallest absolute Gasteiger partial charge is 0.156 e. The third kappa shape index (κ3) is 44.6. The van der Waals surface area contributed by atoms with Gasteiger partial charge in [-0.2, -0.15) is 0 Å². The lowest BCUT2D eigenvalue weighted by Crippen LogP contribution is -2.15. The SMILES string of the molecule is CC.CC.CC(C)(O)O.CO.OCC1CCCC1. The lowest BCUT2D eigenvalue weighted by atomic mass is 10.1. The molecular formula is C14H36O4. The van der Waals surface area contributed by atoms with Gasteiger partial charge in [0.05, 0.1) is 0 Å². The Morgan fingerprint density at radius 3 is 1.22 bits per heavy atom. The molecule has 0 atom stereocenters. The van der Waals surface area contributed by atoms with Gasteiger partial charge in [-0.1, -0.05) is 40.5 Å². The zero-order valence-corrected chi connectivity index (χ0v) is 13.4. The van der Waals surface area contributed by atoms with Crippen LogP contribution in [0, 0.1) is 5.92 Å². The van der Waals surface area contributed by atoms with E-state index in [-0.39, 0.29) is 0 Å². The summed E-state index contributed by atoms with van der Waals surface area (Å²) in [5.41, 5.74) is 0. The molecule has 0 saturated heterocycles. The summed E-state index contributed by atoms with van der Waals surface area (Å²) in [4.78, 5) is 0. The molecule has 1 aliphatic rings. The highest BCUT2D eigenvalue weighted by Crippen LogP contribution is 2.23. The maximum absolute atomic E-state index is 8.57. The Morgan fingerprint density at radius 1 is 0.889 bits per heavy atom. The van der Waals surface area contributed by atoms with Crippen LogP contribution in [0.25, 0.3) is 0 Å². The molecule has 1 saturated carbocycles. The largest absolute Gasteiger partial charge is 0.400 e. The van der Waals surface area contributed by atoms with Gasteiger partial charge >= 0.3 is 0 Å². The van der Waals surface area contributed by atoms with Crippen molar-refractivity contribution >= 4 is 0 Å². The molecule has 1 fully saturated rings. The number of rotatable bonds is 1. The van der Waals surface area contributed by atoms with Crippen molar-refractivity contribution in [3.05, 3.63) is 0 Å². The van der Waals surface area contributed by atoms with E-state index in [0.29, 0.717) is 12.5 Å². The molecule has 0 radical (unpaired) electrons. The van der Waals surface area contributed by atoms with E-state index < -0.39 is 5.79 Å². The molecule has 1 aliphatic carbocycles. The molecule has 0 aliphatic heterocycles. The van der Waals surface area contributed by atoms with Crippen molar-refractivity contribution in [3.63, 3.8) is 0 Å². The Labute approximate surface area is 114 Å². The third-order valence-electron chi connectivity index (χ3n) is 1.73. The molecule has 0 heterocycles. The quantitative estimate of drug-likeness (QED) is 0.551. The van der Waals surface area contributed by atoms with Crippen molar-refractivity contribution < 1.29 is 20.4 Å². The van der Waals surface area contributed by atoms with Crippen molar-refractivity contribution in [3.8, 4) is 0 Å². The number of hydrogen-bond donors (Lipinski definition) is 4. The lowest BCUT2D eigenvalue weighted by Gasteiger charge is -2.03. The van der Waals surface area contributed by atoms with E-state index in [9.17, 15) is 0 Å². The van der Waals surface area contributed by atoms with Crippen LogP contribution < -0.4 is 0 Å². The van der Waals surface area contributed by atoms with Gasteiger partial charge < -0.3 is 20.4 Å².